The molecule has 1 atom stereocenters. The Balaban J connectivity index is 1.80. The molecule has 7 nitrogen and oxygen atoms in total. The smallest absolute Gasteiger partial charge is 0.332 e. The number of rotatable bonds is 7. The predicted molar refractivity (Wildman–Crippen MR) is 101 cm³/mol. The lowest BCUT2D eigenvalue weighted by molar-refractivity contribution is -0.124. The first-order valence-electron chi connectivity index (χ1n) is 8.75. The Morgan fingerprint density at radius 1 is 1.11 bits per heavy atom. The number of amides is 4. The van der Waals surface area contributed by atoms with E-state index in [9.17, 15) is 18.8 Å². The summed E-state index contributed by atoms with van der Waals surface area (Å²) in [5, 5.41) is 2.71. The molecule has 1 N–H and O–H groups in total. The van der Waals surface area contributed by atoms with Crippen molar-refractivity contribution in [3.05, 3.63) is 60.4 Å². The number of ether oxygens (including phenoxy) is 1. The third-order valence-electron chi connectivity index (χ3n) is 4.38. The van der Waals surface area contributed by atoms with Gasteiger partial charge in [0.25, 0.3) is 5.91 Å². The maximum atomic E-state index is 13.2. The molecule has 0 unspecified atom stereocenters. The molecule has 8 heteroatoms. The number of carbonyl (C=O) groups is 3. The van der Waals surface area contributed by atoms with Crippen molar-refractivity contribution in [3.8, 4) is 0 Å². The van der Waals surface area contributed by atoms with Crippen molar-refractivity contribution in [2.75, 3.05) is 30.5 Å². The third-order valence-corrected chi connectivity index (χ3v) is 4.38. The number of nitrogens with zero attached hydrogens (tertiary/aromatic N) is 2. The molecule has 1 heterocycles. The minimum absolute atomic E-state index is 0.155. The molecular weight excluding hydrogens is 365 g/mol. The first kappa shape index (κ1) is 19.5. The van der Waals surface area contributed by atoms with E-state index >= 15 is 0 Å². The number of halogens is 1. The third kappa shape index (κ3) is 4.17. The Morgan fingerprint density at radius 2 is 1.79 bits per heavy atom. The normalized spacial score (nSPS) is 16.6. The van der Waals surface area contributed by atoms with Crippen LogP contribution >= 0.6 is 0 Å². The number of benzene rings is 2. The van der Waals surface area contributed by atoms with Crippen LogP contribution in [0.1, 0.15) is 6.42 Å². The summed E-state index contributed by atoms with van der Waals surface area (Å²) in [6, 6.07) is 12.4. The monoisotopic (exact) mass is 385 g/mol. The van der Waals surface area contributed by atoms with E-state index in [2.05, 4.69) is 5.32 Å². The van der Waals surface area contributed by atoms with Crippen molar-refractivity contribution < 1.29 is 23.5 Å². The Hall–Kier alpha value is -3.26. The summed E-state index contributed by atoms with van der Waals surface area (Å²) >= 11 is 0. The van der Waals surface area contributed by atoms with Gasteiger partial charge in [0.15, 0.2) is 0 Å². The highest BCUT2D eigenvalue weighted by Crippen LogP contribution is 2.27. The van der Waals surface area contributed by atoms with E-state index in [1.54, 1.807) is 24.3 Å². The van der Waals surface area contributed by atoms with Crippen molar-refractivity contribution in [3.63, 3.8) is 0 Å². The number of carbonyl (C=O) groups excluding carboxylic acids is 3. The number of imide groups is 1. The first-order valence-corrected chi connectivity index (χ1v) is 8.75. The fourth-order valence-corrected chi connectivity index (χ4v) is 3.01. The summed E-state index contributed by atoms with van der Waals surface area (Å²) in [5.41, 5.74) is 0.855. The van der Waals surface area contributed by atoms with Gasteiger partial charge in [-0.25, -0.2) is 14.1 Å². The van der Waals surface area contributed by atoms with E-state index in [0.29, 0.717) is 5.69 Å². The Morgan fingerprint density at radius 3 is 2.43 bits per heavy atom. The van der Waals surface area contributed by atoms with Crippen LogP contribution in [0.15, 0.2) is 54.6 Å². The SMILES string of the molecule is COCCN1C(=O)N(c2ccc(F)cc2)C(=O)[C@H]1CC(=O)Nc1ccccc1. The van der Waals surface area contributed by atoms with Gasteiger partial charge in [-0.3, -0.25) is 9.59 Å². The lowest BCUT2D eigenvalue weighted by Gasteiger charge is -2.21. The number of urea groups is 1. The van der Waals surface area contributed by atoms with Crippen molar-refractivity contribution in [2.24, 2.45) is 0 Å². The lowest BCUT2D eigenvalue weighted by Crippen LogP contribution is -2.39. The van der Waals surface area contributed by atoms with Crippen LogP contribution in [-0.2, 0) is 14.3 Å². The minimum Gasteiger partial charge on any atom is -0.383 e. The molecule has 0 aromatic heterocycles. The van der Waals surface area contributed by atoms with Crippen LogP contribution in [0.3, 0.4) is 0 Å². The molecule has 4 amide bonds. The molecule has 146 valence electrons. The fourth-order valence-electron chi connectivity index (χ4n) is 3.01. The van der Waals surface area contributed by atoms with Crippen LogP contribution in [0.25, 0.3) is 0 Å². The van der Waals surface area contributed by atoms with E-state index in [0.717, 1.165) is 4.90 Å². The van der Waals surface area contributed by atoms with Crippen molar-refractivity contribution in [1.29, 1.82) is 0 Å². The fraction of sp³-hybridized carbons (Fsp3) is 0.250. The molecule has 1 aliphatic heterocycles. The van der Waals surface area contributed by atoms with E-state index in [4.69, 9.17) is 4.74 Å². The van der Waals surface area contributed by atoms with Crippen LogP contribution in [0.4, 0.5) is 20.6 Å². The topological polar surface area (TPSA) is 79.0 Å². The zero-order valence-corrected chi connectivity index (χ0v) is 15.3. The largest absolute Gasteiger partial charge is 0.383 e. The molecule has 2 aromatic rings. The number of hydrogen-bond acceptors (Lipinski definition) is 4. The van der Waals surface area contributed by atoms with Crippen LogP contribution < -0.4 is 10.2 Å². The summed E-state index contributed by atoms with van der Waals surface area (Å²) in [6.07, 6.45) is -0.194. The van der Waals surface area contributed by atoms with Crippen LogP contribution in [0.5, 0.6) is 0 Å². The van der Waals surface area contributed by atoms with E-state index in [1.165, 1.54) is 36.3 Å². The van der Waals surface area contributed by atoms with Gasteiger partial charge >= 0.3 is 6.03 Å². The van der Waals surface area contributed by atoms with Crippen LogP contribution in [0, 0.1) is 5.82 Å². The molecule has 28 heavy (non-hydrogen) atoms. The molecule has 0 spiro atoms. The molecule has 0 saturated carbocycles. The van der Waals surface area contributed by atoms with Gasteiger partial charge in [-0.1, -0.05) is 18.2 Å². The highest BCUT2D eigenvalue weighted by Gasteiger charge is 2.46. The standard InChI is InChI=1S/C20H20FN3O4/c1-28-12-11-23-17(13-18(25)22-15-5-3-2-4-6-15)19(26)24(20(23)27)16-9-7-14(21)8-10-16/h2-10,17H,11-13H2,1H3,(H,22,25)/t17-/m1/s1. The maximum absolute atomic E-state index is 13.2. The second-order valence-electron chi connectivity index (χ2n) is 6.25. The first-order chi connectivity index (χ1) is 13.5. The molecular formula is C20H20FN3O4. The second kappa shape index (κ2) is 8.62. The average molecular weight is 385 g/mol. The number of nitrogens with one attached hydrogen (secondary N) is 1. The number of hydrogen-bond donors (Lipinski definition) is 1. The molecule has 1 saturated heterocycles. The van der Waals surface area contributed by atoms with Gasteiger partial charge in [0, 0.05) is 19.3 Å². The zero-order valence-electron chi connectivity index (χ0n) is 15.3. The van der Waals surface area contributed by atoms with Gasteiger partial charge in [0.05, 0.1) is 18.7 Å². The summed E-state index contributed by atoms with van der Waals surface area (Å²) in [4.78, 5) is 40.4. The number of para-hydroxylation sites is 1. The maximum Gasteiger partial charge on any atom is 0.332 e. The Bertz CT molecular complexity index is 858. The highest BCUT2D eigenvalue weighted by molar-refractivity contribution is 6.22. The molecule has 0 radical (unpaired) electrons. The van der Waals surface area contributed by atoms with Crippen LogP contribution in [0.2, 0.25) is 0 Å². The number of anilines is 2. The summed E-state index contributed by atoms with van der Waals surface area (Å²) in [6.45, 7) is 0.370. The van der Waals surface area contributed by atoms with Gasteiger partial charge < -0.3 is 15.0 Å². The summed E-state index contributed by atoms with van der Waals surface area (Å²) < 4.78 is 18.2. The van der Waals surface area contributed by atoms with E-state index in [1.807, 2.05) is 6.07 Å². The Kier molecular flexibility index (Phi) is 6.00. The predicted octanol–water partition coefficient (Wildman–Crippen LogP) is 2.64. The van der Waals surface area contributed by atoms with Crippen molar-refractivity contribution >= 4 is 29.2 Å². The van der Waals surface area contributed by atoms with Crippen molar-refractivity contribution in [2.45, 2.75) is 12.5 Å². The van der Waals surface area contributed by atoms with Gasteiger partial charge in [0.2, 0.25) is 5.91 Å². The van der Waals surface area contributed by atoms with Crippen LogP contribution in [-0.4, -0.2) is 49.0 Å². The van der Waals surface area contributed by atoms with Gasteiger partial charge in [-0.15, -0.1) is 0 Å². The molecule has 1 fully saturated rings. The highest BCUT2D eigenvalue weighted by atomic mass is 19.1. The van der Waals surface area contributed by atoms with Gasteiger partial charge in [0.1, 0.15) is 11.9 Å². The quantitative estimate of drug-likeness (QED) is 0.743. The minimum atomic E-state index is -0.962. The van der Waals surface area contributed by atoms with Gasteiger partial charge in [-0.2, -0.15) is 0 Å². The summed E-state index contributed by atoms with van der Waals surface area (Å²) in [7, 11) is 1.48. The molecule has 3 rings (SSSR count). The average Bonchev–Trinajstić information content (AvgIpc) is 2.91. The molecule has 0 bridgehead atoms. The zero-order chi connectivity index (χ0) is 20.1. The summed E-state index contributed by atoms with van der Waals surface area (Å²) in [5.74, 6) is -1.39. The Labute approximate surface area is 161 Å². The molecule has 0 aliphatic carbocycles. The van der Waals surface area contributed by atoms with E-state index < -0.39 is 23.8 Å². The van der Waals surface area contributed by atoms with Crippen molar-refractivity contribution in [1.82, 2.24) is 4.90 Å². The second-order valence-corrected chi connectivity index (χ2v) is 6.25. The number of methoxy groups -OCH3 is 1. The van der Waals surface area contributed by atoms with E-state index in [-0.39, 0.29) is 31.2 Å². The van der Waals surface area contributed by atoms with Gasteiger partial charge in [-0.05, 0) is 36.4 Å². The molecule has 2 aromatic carbocycles. The molecule has 1 aliphatic rings. The lowest BCUT2D eigenvalue weighted by atomic mass is 10.1.